The van der Waals surface area contributed by atoms with Crippen molar-refractivity contribution in [3.63, 3.8) is 0 Å². The Morgan fingerprint density at radius 1 is 0.944 bits per heavy atom. The van der Waals surface area contributed by atoms with Crippen molar-refractivity contribution in [1.82, 2.24) is 20.0 Å². The maximum atomic E-state index is 13.5. The smallest absolute Gasteiger partial charge is 0.255 e. The first-order valence-corrected chi connectivity index (χ1v) is 11.8. The highest BCUT2D eigenvalue weighted by Gasteiger charge is 2.21. The lowest BCUT2D eigenvalue weighted by molar-refractivity contribution is 0.0942. The van der Waals surface area contributed by atoms with Crippen molar-refractivity contribution < 1.29 is 14.3 Å². The van der Waals surface area contributed by atoms with Crippen LogP contribution in [-0.2, 0) is 6.54 Å². The van der Waals surface area contributed by atoms with Gasteiger partial charge in [0.15, 0.2) is 0 Å². The number of rotatable bonds is 10. The number of nitrogens with zero attached hydrogens (tertiary/aromatic N) is 3. The van der Waals surface area contributed by atoms with E-state index in [1.54, 1.807) is 14.2 Å². The first-order chi connectivity index (χ1) is 17.5. The number of hydrogen-bond donors (Lipinski definition) is 1. The summed E-state index contributed by atoms with van der Waals surface area (Å²) in [5, 5.41) is 7.91. The molecule has 1 heterocycles. The number of carbonyl (C=O) groups excluding carboxylic acids is 1. The van der Waals surface area contributed by atoms with Gasteiger partial charge in [0.1, 0.15) is 17.2 Å². The third-order valence-corrected chi connectivity index (χ3v) is 6.12. The van der Waals surface area contributed by atoms with Crippen molar-refractivity contribution in [2.75, 3.05) is 34.9 Å². The Hall–Kier alpha value is -4.10. The zero-order valence-corrected chi connectivity index (χ0v) is 21.1. The van der Waals surface area contributed by atoms with Crippen LogP contribution < -0.4 is 14.8 Å². The van der Waals surface area contributed by atoms with E-state index in [9.17, 15) is 4.79 Å². The number of amides is 1. The van der Waals surface area contributed by atoms with Crippen LogP contribution in [0.4, 0.5) is 0 Å². The molecule has 36 heavy (non-hydrogen) atoms. The van der Waals surface area contributed by atoms with Gasteiger partial charge in [0.25, 0.3) is 5.91 Å². The minimum absolute atomic E-state index is 0.000473. The normalized spacial score (nSPS) is 11.8. The standard InChI is InChI=1S/C29H32N4O3/c1-32(2)27(22-13-15-24(35-3)16-14-22)18-30-29(34)26-20-33(19-21-9-6-5-7-10-21)31-28(26)23-11-8-12-25(17-23)36-4/h5-17,20,27H,18-19H2,1-4H3,(H,30,34)/t27-/m1/s1. The van der Waals surface area contributed by atoms with Gasteiger partial charge in [0, 0.05) is 18.3 Å². The average molecular weight is 485 g/mol. The molecular formula is C29H32N4O3. The predicted molar refractivity (Wildman–Crippen MR) is 142 cm³/mol. The Balaban J connectivity index is 1.60. The van der Waals surface area contributed by atoms with Crippen LogP contribution in [0, 0.1) is 0 Å². The molecule has 3 aromatic carbocycles. The van der Waals surface area contributed by atoms with Gasteiger partial charge in [0.2, 0.25) is 0 Å². The molecule has 186 valence electrons. The lowest BCUT2D eigenvalue weighted by atomic mass is 10.0. The Bertz CT molecular complexity index is 1280. The summed E-state index contributed by atoms with van der Waals surface area (Å²) >= 11 is 0. The zero-order chi connectivity index (χ0) is 25.5. The number of hydrogen-bond acceptors (Lipinski definition) is 5. The molecule has 1 amide bonds. The van der Waals surface area contributed by atoms with Crippen LogP contribution in [0.25, 0.3) is 11.3 Å². The monoisotopic (exact) mass is 484 g/mol. The molecule has 0 spiro atoms. The maximum absolute atomic E-state index is 13.5. The van der Waals surface area contributed by atoms with Crippen molar-refractivity contribution in [1.29, 1.82) is 0 Å². The largest absolute Gasteiger partial charge is 0.497 e. The van der Waals surface area contributed by atoms with E-state index in [-0.39, 0.29) is 11.9 Å². The van der Waals surface area contributed by atoms with Crippen LogP contribution in [-0.4, -0.2) is 55.4 Å². The molecule has 0 radical (unpaired) electrons. The number of benzene rings is 3. The number of ether oxygens (including phenoxy) is 2. The van der Waals surface area contributed by atoms with Crippen molar-refractivity contribution >= 4 is 5.91 Å². The van der Waals surface area contributed by atoms with Crippen molar-refractivity contribution in [2.45, 2.75) is 12.6 Å². The molecule has 1 aromatic heterocycles. The van der Waals surface area contributed by atoms with Gasteiger partial charge in [-0.1, -0.05) is 54.6 Å². The third-order valence-electron chi connectivity index (χ3n) is 6.12. The average Bonchev–Trinajstić information content (AvgIpc) is 3.33. The summed E-state index contributed by atoms with van der Waals surface area (Å²) in [6.45, 7) is 1.01. The van der Waals surface area contributed by atoms with Crippen molar-refractivity contribution in [2.24, 2.45) is 0 Å². The molecular weight excluding hydrogens is 452 g/mol. The Morgan fingerprint density at radius 2 is 1.67 bits per heavy atom. The van der Waals surface area contributed by atoms with E-state index in [0.717, 1.165) is 22.4 Å². The number of nitrogens with one attached hydrogen (secondary N) is 1. The van der Waals surface area contributed by atoms with E-state index in [2.05, 4.69) is 10.2 Å². The van der Waals surface area contributed by atoms with Gasteiger partial charge in [-0.15, -0.1) is 0 Å². The van der Waals surface area contributed by atoms with Crippen LogP contribution in [0.5, 0.6) is 11.5 Å². The first kappa shape index (κ1) is 25.0. The van der Waals surface area contributed by atoms with Gasteiger partial charge in [-0.25, -0.2) is 0 Å². The van der Waals surface area contributed by atoms with Gasteiger partial charge < -0.3 is 19.7 Å². The van der Waals surface area contributed by atoms with Crippen LogP contribution in [0.15, 0.2) is 85.1 Å². The Labute approximate surface area is 212 Å². The molecule has 7 nitrogen and oxygen atoms in total. The summed E-state index contributed by atoms with van der Waals surface area (Å²) in [4.78, 5) is 15.6. The minimum Gasteiger partial charge on any atom is -0.497 e. The molecule has 0 saturated carbocycles. The van der Waals surface area contributed by atoms with Crippen molar-refractivity contribution in [3.8, 4) is 22.8 Å². The second-order valence-electron chi connectivity index (χ2n) is 8.77. The van der Waals surface area contributed by atoms with Crippen LogP contribution in [0.1, 0.15) is 27.5 Å². The van der Waals surface area contributed by atoms with Gasteiger partial charge in [-0.2, -0.15) is 5.10 Å². The summed E-state index contributed by atoms with van der Waals surface area (Å²) < 4.78 is 12.5. The second-order valence-corrected chi connectivity index (χ2v) is 8.77. The third kappa shape index (κ3) is 5.93. The molecule has 0 fully saturated rings. The fourth-order valence-corrected chi connectivity index (χ4v) is 4.13. The number of carbonyl (C=O) groups is 1. The lowest BCUT2D eigenvalue weighted by Gasteiger charge is -2.25. The summed E-state index contributed by atoms with van der Waals surface area (Å²) in [5.74, 6) is 1.34. The van der Waals surface area contributed by atoms with Crippen molar-refractivity contribution in [3.05, 3.63) is 102 Å². The first-order valence-electron chi connectivity index (χ1n) is 11.8. The Morgan fingerprint density at radius 3 is 2.33 bits per heavy atom. The summed E-state index contributed by atoms with van der Waals surface area (Å²) in [5.41, 5.74) is 4.16. The summed E-state index contributed by atoms with van der Waals surface area (Å²) in [6, 6.07) is 25.6. The van der Waals surface area contributed by atoms with Gasteiger partial charge in [-0.05, 0) is 49.5 Å². The summed E-state index contributed by atoms with van der Waals surface area (Å²) in [7, 11) is 7.28. The van der Waals surface area contributed by atoms with E-state index >= 15 is 0 Å². The highest BCUT2D eigenvalue weighted by atomic mass is 16.5. The zero-order valence-electron chi connectivity index (χ0n) is 21.1. The molecule has 0 aliphatic heterocycles. The molecule has 0 bridgehead atoms. The Kier molecular flexibility index (Phi) is 8.02. The molecule has 0 unspecified atom stereocenters. The quantitative estimate of drug-likeness (QED) is 0.355. The summed E-state index contributed by atoms with van der Waals surface area (Å²) in [6.07, 6.45) is 1.81. The minimum atomic E-state index is -0.174. The fraction of sp³-hybridized carbons (Fsp3) is 0.241. The molecule has 1 atom stereocenters. The molecule has 4 aromatic rings. The highest BCUT2D eigenvalue weighted by molar-refractivity contribution is 5.99. The maximum Gasteiger partial charge on any atom is 0.255 e. The van der Waals surface area contributed by atoms with E-state index in [1.807, 2.05) is 104 Å². The predicted octanol–water partition coefficient (Wildman–Crippen LogP) is 4.65. The number of methoxy groups -OCH3 is 2. The molecule has 1 N–H and O–H groups in total. The van der Waals surface area contributed by atoms with E-state index in [0.29, 0.717) is 30.1 Å². The fourth-order valence-electron chi connectivity index (χ4n) is 4.13. The molecule has 0 aliphatic rings. The van der Waals surface area contributed by atoms with E-state index < -0.39 is 0 Å². The van der Waals surface area contributed by atoms with Crippen LogP contribution in [0.3, 0.4) is 0 Å². The van der Waals surface area contributed by atoms with Crippen LogP contribution >= 0.6 is 0 Å². The van der Waals surface area contributed by atoms with Gasteiger partial charge in [-0.3, -0.25) is 9.48 Å². The molecule has 4 rings (SSSR count). The lowest BCUT2D eigenvalue weighted by Crippen LogP contribution is -2.34. The highest BCUT2D eigenvalue weighted by Crippen LogP contribution is 2.27. The van der Waals surface area contributed by atoms with Gasteiger partial charge in [0.05, 0.1) is 32.4 Å². The number of aromatic nitrogens is 2. The molecule has 0 aliphatic carbocycles. The van der Waals surface area contributed by atoms with Gasteiger partial charge >= 0.3 is 0 Å². The van der Waals surface area contributed by atoms with E-state index in [1.165, 1.54) is 0 Å². The molecule has 7 heteroatoms. The van der Waals surface area contributed by atoms with E-state index in [4.69, 9.17) is 14.6 Å². The van der Waals surface area contributed by atoms with Crippen LogP contribution in [0.2, 0.25) is 0 Å². The second kappa shape index (κ2) is 11.6. The number of likely N-dealkylation sites (N-methyl/N-ethyl adjacent to an activating group) is 1. The topological polar surface area (TPSA) is 68.6 Å². The molecule has 0 saturated heterocycles. The SMILES string of the molecule is COc1ccc([C@@H](CNC(=O)c2cn(Cc3ccccc3)nc2-c2cccc(OC)c2)N(C)C)cc1.